The summed E-state index contributed by atoms with van der Waals surface area (Å²) >= 11 is 0. The molecule has 21 heavy (non-hydrogen) atoms. The number of fused-ring (bicyclic) bond motifs is 1. The van der Waals surface area contributed by atoms with Gasteiger partial charge in [-0.15, -0.1) is 0 Å². The van der Waals surface area contributed by atoms with Crippen molar-refractivity contribution in [2.24, 2.45) is 5.92 Å². The molecule has 2 aliphatic rings. The van der Waals surface area contributed by atoms with Crippen molar-refractivity contribution in [2.45, 2.75) is 45.1 Å². The number of anilines is 3. The summed E-state index contributed by atoms with van der Waals surface area (Å²) < 4.78 is 5.82. The predicted octanol–water partition coefficient (Wildman–Crippen LogP) is 1.77. The number of rotatable bonds is 3. The molecule has 1 aliphatic carbocycles. The highest BCUT2D eigenvalue weighted by Gasteiger charge is 2.27. The number of aromatic nitrogens is 2. The lowest BCUT2D eigenvalue weighted by atomic mass is 9.90. The van der Waals surface area contributed by atoms with Gasteiger partial charge in [-0.25, -0.2) is 0 Å². The summed E-state index contributed by atoms with van der Waals surface area (Å²) in [4.78, 5) is 20.0. The van der Waals surface area contributed by atoms with Crippen molar-refractivity contribution in [1.29, 1.82) is 0 Å². The molecule has 0 bridgehead atoms. The Morgan fingerprint density at radius 1 is 1.29 bits per heavy atom. The lowest BCUT2D eigenvalue weighted by Crippen LogP contribution is -2.37. The highest BCUT2D eigenvalue weighted by molar-refractivity contribution is 6.03. The summed E-state index contributed by atoms with van der Waals surface area (Å²) in [6.45, 7) is 2.37. The van der Waals surface area contributed by atoms with Crippen molar-refractivity contribution in [2.75, 3.05) is 23.0 Å². The average Bonchev–Trinajstić information content (AvgIpc) is 2.48. The van der Waals surface area contributed by atoms with Crippen LogP contribution in [-0.4, -0.2) is 28.5 Å². The van der Waals surface area contributed by atoms with Crippen molar-refractivity contribution in [1.82, 2.24) is 9.97 Å². The van der Waals surface area contributed by atoms with E-state index in [-0.39, 0.29) is 17.9 Å². The van der Waals surface area contributed by atoms with Gasteiger partial charge in [0.1, 0.15) is 11.7 Å². The van der Waals surface area contributed by atoms with Gasteiger partial charge in [-0.1, -0.05) is 19.3 Å². The van der Waals surface area contributed by atoms with Crippen molar-refractivity contribution in [3.63, 3.8) is 0 Å². The fourth-order valence-electron chi connectivity index (χ4n) is 2.83. The first kappa shape index (κ1) is 13.9. The molecule has 114 valence electrons. The molecule has 1 aromatic heterocycles. The van der Waals surface area contributed by atoms with Crippen LogP contribution in [0.1, 0.15) is 39.0 Å². The van der Waals surface area contributed by atoms with E-state index in [1.165, 1.54) is 32.1 Å². The van der Waals surface area contributed by atoms with Gasteiger partial charge in [0, 0.05) is 0 Å². The molecule has 0 aromatic carbocycles. The summed E-state index contributed by atoms with van der Waals surface area (Å²) in [7, 11) is 0. The second-order valence-corrected chi connectivity index (χ2v) is 5.78. The number of ether oxygens (including phenoxy) is 1. The number of nitrogens with two attached hydrogens (primary N) is 1. The minimum absolute atomic E-state index is 0.126. The van der Waals surface area contributed by atoms with Gasteiger partial charge < -0.3 is 21.1 Å². The fourth-order valence-corrected chi connectivity index (χ4v) is 2.83. The third-order valence-electron chi connectivity index (χ3n) is 4.07. The molecule has 7 nitrogen and oxygen atoms in total. The molecule has 3 rings (SSSR count). The molecule has 1 fully saturated rings. The Balaban J connectivity index is 1.76. The summed E-state index contributed by atoms with van der Waals surface area (Å²) in [6, 6.07) is -0.349. The van der Waals surface area contributed by atoms with E-state index in [0.717, 1.165) is 0 Å². The fraction of sp³-hybridized carbons (Fsp3) is 0.643. The molecule has 7 heteroatoms. The molecule has 0 unspecified atom stereocenters. The normalized spacial score (nSPS) is 22.1. The van der Waals surface area contributed by atoms with Crippen LogP contribution in [-0.2, 0) is 4.79 Å². The number of hydrogen-bond acceptors (Lipinski definition) is 6. The maximum atomic E-state index is 11.8. The van der Waals surface area contributed by atoms with E-state index in [1.54, 1.807) is 6.92 Å². The summed E-state index contributed by atoms with van der Waals surface area (Å²) in [5.41, 5.74) is 6.21. The second-order valence-electron chi connectivity index (χ2n) is 5.78. The van der Waals surface area contributed by atoms with E-state index in [9.17, 15) is 4.79 Å². The van der Waals surface area contributed by atoms with Crippen LogP contribution in [0.25, 0.3) is 0 Å². The van der Waals surface area contributed by atoms with Gasteiger partial charge in [0.25, 0.3) is 0 Å². The van der Waals surface area contributed by atoms with Crippen LogP contribution in [0.15, 0.2) is 0 Å². The molecule has 0 saturated heterocycles. The number of carbonyl (C=O) groups excluding carboxylic acids is 1. The Morgan fingerprint density at radius 2 is 2.05 bits per heavy atom. The average molecular weight is 291 g/mol. The first-order chi connectivity index (χ1) is 10.1. The molecule has 2 heterocycles. The first-order valence-electron chi connectivity index (χ1n) is 7.51. The number of nitrogens with one attached hydrogen (secondary N) is 2. The Bertz CT molecular complexity index is 542. The van der Waals surface area contributed by atoms with Crippen LogP contribution in [0.4, 0.5) is 17.5 Å². The number of nitrogens with zero attached hydrogens (tertiary/aromatic N) is 2. The van der Waals surface area contributed by atoms with E-state index >= 15 is 0 Å². The van der Waals surface area contributed by atoms with Gasteiger partial charge in [-0.3, -0.25) is 4.79 Å². The van der Waals surface area contributed by atoms with E-state index in [1.807, 2.05) is 0 Å². The van der Waals surface area contributed by atoms with Gasteiger partial charge >= 0.3 is 0 Å². The topological polar surface area (TPSA) is 102 Å². The number of nitrogen functional groups attached to an aromatic ring is 1. The molecular formula is C14H21N5O2. The molecule has 1 atom stereocenters. The molecule has 4 N–H and O–H groups in total. The minimum Gasteiger partial charge on any atom is -0.476 e. The SMILES string of the molecule is C[C@@H]1Nc2nc(N)nc(OCC3CCCCC3)c2NC1=O. The van der Waals surface area contributed by atoms with E-state index in [4.69, 9.17) is 10.5 Å². The van der Waals surface area contributed by atoms with Crippen molar-refractivity contribution in [3.8, 4) is 5.88 Å². The van der Waals surface area contributed by atoms with Crippen molar-refractivity contribution >= 4 is 23.4 Å². The Hall–Kier alpha value is -2.05. The molecule has 1 amide bonds. The summed E-state index contributed by atoms with van der Waals surface area (Å²) in [5.74, 6) is 1.45. The number of hydrogen-bond donors (Lipinski definition) is 3. The van der Waals surface area contributed by atoms with Gasteiger partial charge in [0.05, 0.1) is 6.61 Å². The highest BCUT2D eigenvalue weighted by atomic mass is 16.5. The van der Waals surface area contributed by atoms with Gasteiger partial charge in [-0.2, -0.15) is 9.97 Å². The van der Waals surface area contributed by atoms with Crippen LogP contribution < -0.4 is 21.1 Å². The van der Waals surface area contributed by atoms with Gasteiger partial charge in [0.2, 0.25) is 17.7 Å². The van der Waals surface area contributed by atoms with Crippen LogP contribution in [0.5, 0.6) is 5.88 Å². The van der Waals surface area contributed by atoms with Crippen LogP contribution >= 0.6 is 0 Å². The van der Waals surface area contributed by atoms with Gasteiger partial charge in [0.15, 0.2) is 5.82 Å². The molecular weight excluding hydrogens is 270 g/mol. The predicted molar refractivity (Wildman–Crippen MR) is 80.2 cm³/mol. The number of amides is 1. The molecule has 1 aliphatic heterocycles. The molecule has 0 radical (unpaired) electrons. The van der Waals surface area contributed by atoms with Crippen LogP contribution in [0, 0.1) is 5.92 Å². The third kappa shape index (κ3) is 3.01. The second kappa shape index (κ2) is 5.75. The van der Waals surface area contributed by atoms with Crippen LogP contribution in [0.2, 0.25) is 0 Å². The Morgan fingerprint density at radius 3 is 2.81 bits per heavy atom. The Labute approximate surface area is 123 Å². The highest BCUT2D eigenvalue weighted by Crippen LogP contribution is 2.34. The van der Waals surface area contributed by atoms with E-state index < -0.39 is 0 Å². The number of carbonyl (C=O) groups is 1. The third-order valence-corrected chi connectivity index (χ3v) is 4.07. The van der Waals surface area contributed by atoms with E-state index in [2.05, 4.69) is 20.6 Å². The molecule has 0 spiro atoms. The standard InChI is InChI=1S/C14H21N5O2/c1-8-12(20)17-10-11(16-8)18-14(15)19-13(10)21-7-9-5-3-2-4-6-9/h8-9H,2-7H2,1H3,(H,17,20)(H3,15,16,18,19)/t8-/m0/s1. The monoisotopic (exact) mass is 291 g/mol. The first-order valence-corrected chi connectivity index (χ1v) is 7.51. The zero-order valence-electron chi connectivity index (χ0n) is 12.2. The maximum Gasteiger partial charge on any atom is 0.246 e. The lowest BCUT2D eigenvalue weighted by molar-refractivity contribution is -0.116. The smallest absolute Gasteiger partial charge is 0.246 e. The maximum absolute atomic E-state index is 11.8. The Kier molecular flexibility index (Phi) is 3.81. The minimum atomic E-state index is -0.349. The van der Waals surface area contributed by atoms with Crippen molar-refractivity contribution in [3.05, 3.63) is 0 Å². The quantitative estimate of drug-likeness (QED) is 0.784. The largest absolute Gasteiger partial charge is 0.476 e. The summed E-state index contributed by atoms with van der Waals surface area (Å²) in [6.07, 6.45) is 6.20. The van der Waals surface area contributed by atoms with E-state index in [0.29, 0.717) is 29.9 Å². The summed E-state index contributed by atoms with van der Waals surface area (Å²) in [5, 5.41) is 5.79. The van der Waals surface area contributed by atoms with Crippen molar-refractivity contribution < 1.29 is 9.53 Å². The molecule has 1 saturated carbocycles. The zero-order chi connectivity index (χ0) is 14.8. The molecule has 1 aromatic rings. The van der Waals surface area contributed by atoms with Gasteiger partial charge in [-0.05, 0) is 25.7 Å². The lowest BCUT2D eigenvalue weighted by Gasteiger charge is -2.26. The zero-order valence-corrected chi connectivity index (χ0v) is 12.2. The van der Waals surface area contributed by atoms with Crippen LogP contribution in [0.3, 0.4) is 0 Å².